The van der Waals surface area contributed by atoms with E-state index in [0.717, 1.165) is 43.0 Å². The number of nitrogens with two attached hydrogens (primary N) is 2. The van der Waals surface area contributed by atoms with Crippen LogP contribution in [-0.2, 0) is 0 Å². The van der Waals surface area contributed by atoms with Gasteiger partial charge in [0.15, 0.2) is 0 Å². The summed E-state index contributed by atoms with van der Waals surface area (Å²) in [5.41, 5.74) is 8.98. The number of hydrogen-bond donors (Lipinski definition) is 2. The molecule has 2 saturated carbocycles. The van der Waals surface area contributed by atoms with Crippen LogP contribution in [0.3, 0.4) is 0 Å². The quantitative estimate of drug-likeness (QED) is 0.484. The van der Waals surface area contributed by atoms with Crippen molar-refractivity contribution in [3.63, 3.8) is 0 Å². The van der Waals surface area contributed by atoms with Crippen molar-refractivity contribution in [1.29, 1.82) is 0 Å². The number of hydrazine groups is 1. The fourth-order valence-electron chi connectivity index (χ4n) is 3.62. The molecule has 2 heterocycles. The van der Waals surface area contributed by atoms with Gasteiger partial charge in [-0.15, -0.1) is 0 Å². The summed E-state index contributed by atoms with van der Waals surface area (Å²) >= 11 is 1.26. The number of nitrogens with zero attached hydrogens (tertiary/aromatic N) is 4. The highest BCUT2D eigenvalue weighted by Gasteiger charge is 2.28. The van der Waals surface area contributed by atoms with Gasteiger partial charge in [-0.1, -0.05) is 6.42 Å². The Morgan fingerprint density at radius 2 is 1.93 bits per heavy atom. The maximum Gasteiger partial charge on any atom is 0.293 e. The van der Waals surface area contributed by atoms with Crippen molar-refractivity contribution in [3.05, 3.63) is 35.0 Å². The number of rotatable bonds is 8. The van der Waals surface area contributed by atoms with Crippen LogP contribution in [0.4, 0.5) is 0 Å². The number of likely N-dealkylation sites (N-methyl/N-ethyl adjacent to an activating group) is 1. The summed E-state index contributed by atoms with van der Waals surface area (Å²) < 4.78 is 16.3. The zero-order valence-corrected chi connectivity index (χ0v) is 18.5. The van der Waals surface area contributed by atoms with Crippen LogP contribution in [-0.4, -0.2) is 39.1 Å². The van der Waals surface area contributed by atoms with Gasteiger partial charge in [0.1, 0.15) is 18.2 Å². The van der Waals surface area contributed by atoms with Crippen LogP contribution in [0.5, 0.6) is 10.9 Å². The molecule has 2 aromatic rings. The van der Waals surface area contributed by atoms with Crippen LogP contribution in [0.25, 0.3) is 5.70 Å². The van der Waals surface area contributed by atoms with E-state index in [1.807, 2.05) is 19.1 Å². The molecule has 0 aromatic carbocycles. The van der Waals surface area contributed by atoms with E-state index in [4.69, 9.17) is 21.1 Å². The maximum atomic E-state index is 6.41. The van der Waals surface area contributed by atoms with E-state index >= 15 is 0 Å². The van der Waals surface area contributed by atoms with E-state index in [2.05, 4.69) is 14.3 Å². The molecule has 0 aliphatic heterocycles. The van der Waals surface area contributed by atoms with E-state index in [1.54, 1.807) is 7.05 Å². The van der Waals surface area contributed by atoms with Gasteiger partial charge >= 0.3 is 0 Å². The van der Waals surface area contributed by atoms with E-state index in [9.17, 15) is 0 Å². The molecule has 2 aliphatic rings. The number of hydrogen-bond acceptors (Lipinski definition) is 9. The predicted molar refractivity (Wildman–Crippen MR) is 117 cm³/mol. The van der Waals surface area contributed by atoms with Gasteiger partial charge in [0, 0.05) is 24.5 Å². The molecule has 9 heteroatoms. The molecule has 4 N–H and O–H groups in total. The molecular formula is C21H30N6O2S. The van der Waals surface area contributed by atoms with Crippen molar-refractivity contribution in [2.45, 2.75) is 63.9 Å². The second kappa shape index (κ2) is 9.18. The third kappa shape index (κ3) is 5.02. The van der Waals surface area contributed by atoms with E-state index in [0.29, 0.717) is 28.2 Å². The summed E-state index contributed by atoms with van der Waals surface area (Å²) in [6.45, 7) is 2.14. The molecule has 162 valence electrons. The highest BCUT2D eigenvalue weighted by Crippen LogP contribution is 2.39. The smallest absolute Gasteiger partial charge is 0.293 e. The predicted octanol–water partition coefficient (Wildman–Crippen LogP) is 3.34. The molecular weight excluding hydrogens is 400 g/mol. The molecule has 0 atom stereocenters. The Bertz CT molecular complexity index is 903. The molecule has 0 unspecified atom stereocenters. The molecule has 2 aromatic heterocycles. The third-order valence-electron chi connectivity index (χ3n) is 5.59. The fourth-order valence-corrected chi connectivity index (χ4v) is 4.23. The second-order valence-corrected chi connectivity index (χ2v) is 8.83. The van der Waals surface area contributed by atoms with Gasteiger partial charge in [0.2, 0.25) is 0 Å². The standard InChI is InChI=1S/C21H30N6O2S/c1-13-18(29-15-6-4-3-5-7-15)11-10-16(24-13)19(22)17(27(2)23)12-28-21-25-20(26-30-21)14-8-9-14/h10-11,14-15H,3-9,12,22-23H2,1-2H3/b19-17-. The average Bonchev–Trinajstić information content (AvgIpc) is 3.48. The molecule has 0 saturated heterocycles. The van der Waals surface area contributed by atoms with Gasteiger partial charge in [-0.3, -0.25) is 0 Å². The first-order valence-corrected chi connectivity index (χ1v) is 11.4. The summed E-state index contributed by atoms with van der Waals surface area (Å²) in [4.78, 5) is 9.11. The maximum absolute atomic E-state index is 6.41. The Hall–Kier alpha value is -2.39. The van der Waals surface area contributed by atoms with Crippen molar-refractivity contribution in [2.24, 2.45) is 11.6 Å². The average molecular weight is 431 g/mol. The number of aryl methyl sites for hydroxylation is 1. The minimum Gasteiger partial charge on any atom is -0.489 e. The molecule has 0 amide bonds. The Labute approximate surface area is 181 Å². The van der Waals surface area contributed by atoms with E-state index < -0.39 is 0 Å². The minimum absolute atomic E-state index is 0.194. The molecule has 8 nitrogen and oxygen atoms in total. The lowest BCUT2D eigenvalue weighted by Gasteiger charge is -2.24. The van der Waals surface area contributed by atoms with Gasteiger partial charge in [0.25, 0.3) is 5.19 Å². The lowest BCUT2D eigenvalue weighted by atomic mass is 9.98. The summed E-state index contributed by atoms with van der Waals surface area (Å²) in [6.07, 6.45) is 8.57. The van der Waals surface area contributed by atoms with Gasteiger partial charge in [-0.05, 0) is 57.6 Å². The molecule has 0 radical (unpaired) electrons. The Kier molecular flexibility index (Phi) is 6.38. The first-order chi connectivity index (χ1) is 14.5. The molecule has 0 spiro atoms. The Morgan fingerprint density at radius 1 is 1.17 bits per heavy atom. The fraction of sp³-hybridized carbons (Fsp3) is 0.571. The lowest BCUT2D eigenvalue weighted by Crippen LogP contribution is -2.31. The summed E-state index contributed by atoms with van der Waals surface area (Å²) in [5, 5.41) is 1.99. The topological polar surface area (TPSA) is 112 Å². The monoisotopic (exact) mass is 430 g/mol. The minimum atomic E-state index is 0.194. The van der Waals surface area contributed by atoms with Crippen LogP contribution in [0.15, 0.2) is 17.8 Å². The van der Waals surface area contributed by atoms with Crippen molar-refractivity contribution in [1.82, 2.24) is 19.4 Å². The molecule has 2 aliphatic carbocycles. The first-order valence-electron chi connectivity index (χ1n) is 10.6. The third-order valence-corrected chi connectivity index (χ3v) is 6.24. The zero-order valence-electron chi connectivity index (χ0n) is 17.6. The Morgan fingerprint density at radius 3 is 2.60 bits per heavy atom. The normalized spacial score (nSPS) is 18.1. The second-order valence-electron chi connectivity index (χ2n) is 8.11. The van der Waals surface area contributed by atoms with Gasteiger partial charge in [-0.25, -0.2) is 10.8 Å². The summed E-state index contributed by atoms with van der Waals surface area (Å²) in [7, 11) is 1.73. The summed E-state index contributed by atoms with van der Waals surface area (Å²) in [5.74, 6) is 8.22. The number of pyridine rings is 1. The van der Waals surface area contributed by atoms with Crippen LogP contribution >= 0.6 is 11.5 Å². The first kappa shape index (κ1) is 20.9. The molecule has 4 rings (SSSR count). The van der Waals surface area contributed by atoms with Crippen LogP contribution in [0.2, 0.25) is 0 Å². The van der Waals surface area contributed by atoms with Crippen molar-refractivity contribution >= 4 is 17.2 Å². The van der Waals surface area contributed by atoms with E-state index in [1.165, 1.54) is 35.8 Å². The Balaban J connectivity index is 1.46. The molecule has 0 bridgehead atoms. The highest BCUT2D eigenvalue weighted by molar-refractivity contribution is 7.07. The number of aromatic nitrogens is 3. The van der Waals surface area contributed by atoms with Crippen molar-refractivity contribution in [3.8, 4) is 10.9 Å². The highest BCUT2D eigenvalue weighted by atomic mass is 32.1. The van der Waals surface area contributed by atoms with Crippen molar-refractivity contribution < 1.29 is 9.47 Å². The lowest BCUT2D eigenvalue weighted by molar-refractivity contribution is 0.153. The van der Waals surface area contributed by atoms with Gasteiger partial charge in [0.05, 0.1) is 28.9 Å². The zero-order chi connectivity index (χ0) is 21.1. The molecule has 2 fully saturated rings. The van der Waals surface area contributed by atoms with Gasteiger partial charge < -0.3 is 20.2 Å². The van der Waals surface area contributed by atoms with Gasteiger partial charge in [-0.2, -0.15) is 9.36 Å². The largest absolute Gasteiger partial charge is 0.489 e. The SMILES string of the molecule is Cc1nc(/C(N)=C(\COc2nc(C3CC3)ns2)N(C)N)ccc1OC1CCCCC1. The van der Waals surface area contributed by atoms with Crippen LogP contribution in [0.1, 0.15) is 68.1 Å². The van der Waals surface area contributed by atoms with Crippen LogP contribution < -0.4 is 21.1 Å². The van der Waals surface area contributed by atoms with E-state index in [-0.39, 0.29) is 12.7 Å². The van der Waals surface area contributed by atoms with Crippen molar-refractivity contribution in [2.75, 3.05) is 13.7 Å². The number of ether oxygens (including phenoxy) is 2. The van der Waals surface area contributed by atoms with Crippen LogP contribution in [0, 0.1) is 6.92 Å². The molecule has 30 heavy (non-hydrogen) atoms. The summed E-state index contributed by atoms with van der Waals surface area (Å²) in [6, 6.07) is 3.82.